The van der Waals surface area contributed by atoms with Gasteiger partial charge in [-0.05, 0) is 60.2 Å². The molecule has 0 bridgehead atoms. The van der Waals surface area contributed by atoms with E-state index < -0.39 is 18.8 Å². The Morgan fingerprint density at radius 3 is 2.51 bits per heavy atom. The van der Waals surface area contributed by atoms with Gasteiger partial charge in [0.25, 0.3) is 0 Å². The van der Waals surface area contributed by atoms with Crippen LogP contribution in [0.2, 0.25) is 0 Å². The topological polar surface area (TPSA) is 89.8 Å². The molecule has 0 fully saturated rings. The van der Waals surface area contributed by atoms with Crippen LogP contribution in [0, 0.1) is 0 Å². The highest BCUT2D eigenvalue weighted by atomic mass is 79.9. The minimum absolute atomic E-state index is 0.0435. The number of carboxylic acids is 1. The fraction of sp³-hybridized carbons (Fsp3) is 0.231. The average molecular weight is 575 g/mol. The Labute approximate surface area is 219 Å². The molecule has 8 nitrogen and oxygen atoms in total. The quantitative estimate of drug-likeness (QED) is 0.369. The van der Waals surface area contributed by atoms with Crippen LogP contribution in [-0.4, -0.2) is 42.6 Å². The number of alkyl halides is 2. The molecule has 37 heavy (non-hydrogen) atoms. The predicted octanol–water partition coefficient (Wildman–Crippen LogP) is 6.01. The lowest BCUT2D eigenvalue weighted by Gasteiger charge is -2.38. The van der Waals surface area contributed by atoms with Gasteiger partial charge in [0.05, 0.1) is 26.0 Å². The summed E-state index contributed by atoms with van der Waals surface area (Å²) in [5.74, 6) is -0.213. The molecule has 0 saturated heterocycles. The molecule has 11 heteroatoms. The van der Waals surface area contributed by atoms with Crippen molar-refractivity contribution in [3.63, 3.8) is 0 Å². The summed E-state index contributed by atoms with van der Waals surface area (Å²) in [6.45, 7) is -2.92. The average Bonchev–Trinajstić information content (AvgIpc) is 3.33. The molecule has 0 aliphatic carbocycles. The lowest BCUT2D eigenvalue weighted by Crippen LogP contribution is -2.34. The Morgan fingerprint density at radius 1 is 1.11 bits per heavy atom. The minimum Gasteiger partial charge on any atom is -0.493 e. The molecule has 0 aromatic heterocycles. The molecule has 2 aliphatic rings. The molecule has 5 rings (SSSR count). The summed E-state index contributed by atoms with van der Waals surface area (Å²) >= 11 is 3.51. The zero-order valence-corrected chi connectivity index (χ0v) is 21.2. The first-order valence-corrected chi connectivity index (χ1v) is 11.9. The zero-order valence-electron chi connectivity index (χ0n) is 19.7. The number of methoxy groups -OCH3 is 2. The van der Waals surface area contributed by atoms with E-state index in [1.165, 1.54) is 26.4 Å². The van der Waals surface area contributed by atoms with Gasteiger partial charge < -0.3 is 24.1 Å². The van der Waals surface area contributed by atoms with E-state index >= 15 is 0 Å². The summed E-state index contributed by atoms with van der Waals surface area (Å²) < 4.78 is 47.5. The van der Waals surface area contributed by atoms with Crippen LogP contribution < -0.4 is 18.9 Å². The van der Waals surface area contributed by atoms with Crippen molar-refractivity contribution in [3.8, 4) is 23.0 Å². The van der Waals surface area contributed by atoms with E-state index in [0.29, 0.717) is 23.4 Å². The van der Waals surface area contributed by atoms with Crippen molar-refractivity contribution in [3.05, 3.63) is 81.3 Å². The number of fused-ring (bicyclic) bond motifs is 3. The number of hydrazone groups is 1. The van der Waals surface area contributed by atoms with E-state index in [1.807, 2.05) is 18.2 Å². The Morgan fingerprint density at radius 2 is 1.86 bits per heavy atom. The second-order valence-corrected chi connectivity index (χ2v) is 9.19. The molecule has 0 spiro atoms. The first-order chi connectivity index (χ1) is 17.8. The van der Waals surface area contributed by atoms with E-state index in [0.717, 1.165) is 15.6 Å². The van der Waals surface area contributed by atoms with Gasteiger partial charge in [-0.2, -0.15) is 13.9 Å². The third-order valence-corrected chi connectivity index (χ3v) is 6.72. The Kier molecular flexibility index (Phi) is 6.63. The number of nitrogens with zero attached hydrogens (tertiary/aromatic N) is 2. The molecular weight excluding hydrogens is 554 g/mol. The van der Waals surface area contributed by atoms with Gasteiger partial charge in [-0.15, -0.1) is 0 Å². The normalized spacial score (nSPS) is 18.0. The number of ether oxygens (including phenoxy) is 4. The van der Waals surface area contributed by atoms with Gasteiger partial charge in [0.15, 0.2) is 11.5 Å². The maximum absolute atomic E-state index is 12.6. The summed E-state index contributed by atoms with van der Waals surface area (Å²) in [4.78, 5) is 12.4. The fourth-order valence-corrected chi connectivity index (χ4v) is 5.01. The summed E-state index contributed by atoms with van der Waals surface area (Å²) in [6, 6.07) is 14.8. The first kappa shape index (κ1) is 24.8. The number of carbonyl (C=O) groups is 1. The van der Waals surface area contributed by atoms with E-state index in [-0.39, 0.29) is 28.9 Å². The second kappa shape index (κ2) is 9.89. The highest BCUT2D eigenvalue weighted by Crippen LogP contribution is 2.50. The molecule has 0 amide bonds. The minimum atomic E-state index is -2.92. The zero-order chi connectivity index (χ0) is 26.3. The van der Waals surface area contributed by atoms with Gasteiger partial charge in [0.2, 0.25) is 6.23 Å². The highest BCUT2D eigenvalue weighted by Gasteiger charge is 2.43. The van der Waals surface area contributed by atoms with Gasteiger partial charge in [-0.3, -0.25) is 0 Å². The van der Waals surface area contributed by atoms with E-state index in [1.54, 1.807) is 29.3 Å². The van der Waals surface area contributed by atoms with Crippen molar-refractivity contribution in [2.45, 2.75) is 25.3 Å². The summed E-state index contributed by atoms with van der Waals surface area (Å²) in [5.41, 5.74) is 2.53. The third kappa shape index (κ3) is 4.55. The molecular formula is C26H21BrF2N2O6. The Balaban J connectivity index is 1.61. The van der Waals surface area contributed by atoms with E-state index in [4.69, 9.17) is 19.3 Å². The first-order valence-electron chi connectivity index (χ1n) is 11.2. The highest BCUT2D eigenvalue weighted by molar-refractivity contribution is 9.10. The monoisotopic (exact) mass is 574 g/mol. The van der Waals surface area contributed by atoms with Crippen molar-refractivity contribution in [1.29, 1.82) is 0 Å². The molecule has 2 aliphatic heterocycles. The van der Waals surface area contributed by atoms with Crippen molar-refractivity contribution in [2.24, 2.45) is 5.10 Å². The number of hydrogen-bond donors (Lipinski definition) is 1. The van der Waals surface area contributed by atoms with Gasteiger partial charge in [-0.1, -0.05) is 15.9 Å². The second-order valence-electron chi connectivity index (χ2n) is 8.27. The van der Waals surface area contributed by atoms with Gasteiger partial charge in [-0.25, -0.2) is 9.80 Å². The third-order valence-electron chi connectivity index (χ3n) is 6.22. The number of halogens is 3. The molecule has 1 N–H and O–H groups in total. The SMILES string of the molecule is COc1ccc([C@H]2Oc3ccc(Br)cc3[C@@H]3CC(c4ccc(OC(F)F)cc4)=NN23)c(C(=O)O)c1OC. The summed E-state index contributed by atoms with van der Waals surface area (Å²) in [5, 5.41) is 16.6. The lowest BCUT2D eigenvalue weighted by molar-refractivity contribution is -0.0498. The lowest BCUT2D eigenvalue weighted by atomic mass is 9.95. The predicted molar refractivity (Wildman–Crippen MR) is 133 cm³/mol. The van der Waals surface area contributed by atoms with Gasteiger partial charge in [0.1, 0.15) is 17.1 Å². The van der Waals surface area contributed by atoms with E-state index in [9.17, 15) is 18.7 Å². The number of benzene rings is 3. The molecule has 2 heterocycles. The van der Waals surface area contributed by atoms with Crippen molar-refractivity contribution in [2.75, 3.05) is 14.2 Å². The van der Waals surface area contributed by atoms with Crippen LogP contribution in [0.5, 0.6) is 23.0 Å². The van der Waals surface area contributed by atoms with Crippen molar-refractivity contribution < 1.29 is 37.6 Å². The number of carboxylic acid groups (broad SMARTS) is 1. The Bertz CT molecular complexity index is 1380. The standard InChI is InChI=1S/C26H21BrF2N2O6/c1-34-21-10-8-16(22(25(32)33)23(21)35-2)24-31-19(17-11-14(27)5-9-20(17)37-24)12-18(30-31)13-3-6-15(7-4-13)36-26(28)29/h3-11,19,24,26H,12H2,1-2H3,(H,32,33)/t19-,24+/m0/s1. The number of rotatable bonds is 7. The van der Waals surface area contributed by atoms with Gasteiger partial charge >= 0.3 is 12.6 Å². The van der Waals surface area contributed by atoms with Crippen LogP contribution >= 0.6 is 15.9 Å². The van der Waals surface area contributed by atoms with Gasteiger partial charge in [0, 0.05) is 22.0 Å². The van der Waals surface area contributed by atoms with Crippen molar-refractivity contribution >= 4 is 27.6 Å². The molecule has 0 unspecified atom stereocenters. The maximum atomic E-state index is 12.6. The molecule has 0 radical (unpaired) electrons. The molecule has 3 aromatic carbocycles. The molecule has 3 aromatic rings. The number of aromatic carboxylic acids is 1. The molecule has 2 atom stereocenters. The van der Waals surface area contributed by atoms with Crippen LogP contribution in [-0.2, 0) is 0 Å². The van der Waals surface area contributed by atoms with E-state index in [2.05, 4.69) is 20.7 Å². The molecule has 192 valence electrons. The van der Waals surface area contributed by atoms with Crippen LogP contribution in [0.15, 0.2) is 64.2 Å². The molecule has 0 saturated carbocycles. The summed E-state index contributed by atoms with van der Waals surface area (Å²) in [7, 11) is 2.80. The van der Waals surface area contributed by atoms with Crippen LogP contribution in [0.3, 0.4) is 0 Å². The maximum Gasteiger partial charge on any atom is 0.387 e. The largest absolute Gasteiger partial charge is 0.493 e. The van der Waals surface area contributed by atoms with Crippen LogP contribution in [0.1, 0.15) is 45.7 Å². The number of hydrogen-bond acceptors (Lipinski definition) is 7. The summed E-state index contributed by atoms with van der Waals surface area (Å²) in [6.07, 6.45) is -0.405. The van der Waals surface area contributed by atoms with Crippen molar-refractivity contribution in [1.82, 2.24) is 5.01 Å². The Hall–Kier alpha value is -3.86. The van der Waals surface area contributed by atoms with Crippen LogP contribution in [0.4, 0.5) is 8.78 Å². The van der Waals surface area contributed by atoms with Crippen LogP contribution in [0.25, 0.3) is 0 Å². The smallest absolute Gasteiger partial charge is 0.387 e. The fourth-order valence-electron chi connectivity index (χ4n) is 4.64.